The van der Waals surface area contributed by atoms with Gasteiger partial charge in [-0.05, 0) is 5.92 Å². The molecule has 0 spiro atoms. The van der Waals surface area contributed by atoms with Crippen LogP contribution >= 0.6 is 0 Å². The van der Waals surface area contributed by atoms with Crippen LogP contribution in [0.1, 0.15) is 26.6 Å². The number of hydrogen-bond acceptors (Lipinski definition) is 5. The first kappa shape index (κ1) is 14.2. The van der Waals surface area contributed by atoms with Crippen molar-refractivity contribution < 1.29 is 4.79 Å². The molecule has 0 radical (unpaired) electrons. The van der Waals surface area contributed by atoms with Gasteiger partial charge >= 0.3 is 0 Å². The van der Waals surface area contributed by atoms with Crippen molar-refractivity contribution in [3.63, 3.8) is 0 Å². The largest absolute Gasteiger partial charge is 0.384 e. The highest BCUT2D eigenvalue weighted by Gasteiger charge is 2.14. The van der Waals surface area contributed by atoms with Crippen LogP contribution in [0.3, 0.4) is 0 Å². The van der Waals surface area contributed by atoms with Gasteiger partial charge in [0.25, 0.3) is 0 Å². The van der Waals surface area contributed by atoms with Crippen molar-refractivity contribution in [2.45, 2.75) is 27.2 Å². The number of amides is 1. The lowest BCUT2D eigenvalue weighted by atomic mass is 10.2. The molecule has 0 saturated carbocycles. The number of carbonyl (C=O) groups is 1. The number of rotatable bonds is 6. The zero-order chi connectivity index (χ0) is 13.7. The van der Waals surface area contributed by atoms with Crippen molar-refractivity contribution in [2.75, 3.05) is 23.7 Å². The minimum absolute atomic E-state index is 0.137. The molecule has 0 aliphatic heterocycles. The summed E-state index contributed by atoms with van der Waals surface area (Å²) in [5.41, 5.74) is 11.0. The molecule has 0 aliphatic carbocycles. The highest BCUT2D eigenvalue weighted by atomic mass is 16.1. The second-order valence-electron chi connectivity index (χ2n) is 4.66. The first-order chi connectivity index (χ1) is 8.42. The molecule has 100 valence electrons. The third-order valence-corrected chi connectivity index (χ3v) is 2.35. The molecule has 1 aromatic heterocycles. The van der Waals surface area contributed by atoms with Crippen molar-refractivity contribution in [1.82, 2.24) is 9.97 Å². The van der Waals surface area contributed by atoms with Crippen LogP contribution in [0.5, 0.6) is 0 Å². The Labute approximate surface area is 107 Å². The molecule has 6 heteroatoms. The summed E-state index contributed by atoms with van der Waals surface area (Å²) in [5.74, 6) is 1.75. The Kier molecular flexibility index (Phi) is 4.88. The van der Waals surface area contributed by atoms with Crippen LogP contribution in [-0.4, -0.2) is 29.0 Å². The quantitative estimate of drug-likeness (QED) is 0.770. The average molecular weight is 251 g/mol. The number of nitrogens with two attached hydrogens (primary N) is 2. The molecule has 0 atom stereocenters. The number of nitrogen functional groups attached to an aromatic ring is 1. The summed E-state index contributed by atoms with van der Waals surface area (Å²) < 4.78 is 0. The van der Waals surface area contributed by atoms with Gasteiger partial charge in [0.1, 0.15) is 17.5 Å². The van der Waals surface area contributed by atoms with Crippen LogP contribution in [0.15, 0.2) is 6.07 Å². The Bertz CT molecular complexity index is 419. The maximum absolute atomic E-state index is 11.1. The molecule has 0 unspecified atom stereocenters. The topological polar surface area (TPSA) is 98.1 Å². The summed E-state index contributed by atoms with van der Waals surface area (Å²) in [4.78, 5) is 21.4. The fraction of sp³-hybridized carbons (Fsp3) is 0.583. The highest BCUT2D eigenvalue weighted by Crippen LogP contribution is 2.15. The Morgan fingerprint density at radius 1 is 1.44 bits per heavy atom. The van der Waals surface area contributed by atoms with E-state index < -0.39 is 0 Å². The zero-order valence-corrected chi connectivity index (χ0v) is 11.2. The van der Waals surface area contributed by atoms with Crippen LogP contribution < -0.4 is 16.4 Å². The van der Waals surface area contributed by atoms with E-state index in [-0.39, 0.29) is 12.5 Å². The Morgan fingerprint density at radius 3 is 2.61 bits per heavy atom. The van der Waals surface area contributed by atoms with E-state index in [1.165, 1.54) is 0 Å². The molecule has 0 saturated heterocycles. The van der Waals surface area contributed by atoms with Crippen LogP contribution in [-0.2, 0) is 11.2 Å². The monoisotopic (exact) mass is 251 g/mol. The Hall–Kier alpha value is -1.85. The fourth-order valence-corrected chi connectivity index (χ4v) is 1.69. The number of anilines is 2. The van der Waals surface area contributed by atoms with Crippen molar-refractivity contribution in [3.05, 3.63) is 11.9 Å². The minimum Gasteiger partial charge on any atom is -0.384 e. The number of hydrogen-bond donors (Lipinski definition) is 2. The molecular weight excluding hydrogens is 230 g/mol. The molecule has 1 heterocycles. The molecular formula is C12H21N5O. The van der Waals surface area contributed by atoms with Gasteiger partial charge in [-0.2, -0.15) is 0 Å². The summed E-state index contributed by atoms with van der Waals surface area (Å²) in [7, 11) is 0. The molecule has 0 aliphatic rings. The predicted molar refractivity (Wildman–Crippen MR) is 72.1 cm³/mol. The molecule has 1 amide bonds. The van der Waals surface area contributed by atoms with E-state index in [4.69, 9.17) is 11.5 Å². The summed E-state index contributed by atoms with van der Waals surface area (Å²) in [5, 5.41) is 0. The van der Waals surface area contributed by atoms with E-state index in [2.05, 4.69) is 23.8 Å². The molecule has 0 aromatic carbocycles. The summed E-state index contributed by atoms with van der Waals surface area (Å²) in [6.45, 7) is 6.93. The van der Waals surface area contributed by atoms with Crippen molar-refractivity contribution >= 4 is 17.5 Å². The van der Waals surface area contributed by atoms with Gasteiger partial charge < -0.3 is 16.4 Å². The maximum atomic E-state index is 11.1. The van der Waals surface area contributed by atoms with Crippen molar-refractivity contribution in [3.8, 4) is 0 Å². The third-order valence-electron chi connectivity index (χ3n) is 2.35. The second kappa shape index (κ2) is 6.18. The van der Waals surface area contributed by atoms with Gasteiger partial charge in [0.15, 0.2) is 0 Å². The number of carbonyl (C=O) groups excluding carboxylic acids is 1. The standard InChI is InChI=1S/C12H21N5O/c1-4-11-15-9(13)5-12(16-11)17(6-8(2)3)7-10(14)18/h5,8H,4,6-7H2,1-3H3,(H2,14,18)(H2,13,15,16). The number of aryl methyl sites for hydroxylation is 1. The summed E-state index contributed by atoms with van der Waals surface area (Å²) in [6.07, 6.45) is 0.699. The van der Waals surface area contributed by atoms with E-state index in [0.29, 0.717) is 36.3 Å². The third kappa shape index (κ3) is 4.20. The molecule has 4 N–H and O–H groups in total. The second-order valence-corrected chi connectivity index (χ2v) is 4.66. The lowest BCUT2D eigenvalue weighted by molar-refractivity contribution is -0.116. The lowest BCUT2D eigenvalue weighted by Crippen LogP contribution is -2.37. The summed E-state index contributed by atoms with van der Waals surface area (Å²) in [6, 6.07) is 1.67. The minimum atomic E-state index is -0.383. The van der Waals surface area contributed by atoms with Crippen molar-refractivity contribution in [1.29, 1.82) is 0 Å². The molecule has 1 rings (SSSR count). The van der Waals surface area contributed by atoms with E-state index in [1.54, 1.807) is 6.07 Å². The fourth-order valence-electron chi connectivity index (χ4n) is 1.69. The number of primary amides is 1. The average Bonchev–Trinajstić information content (AvgIpc) is 2.26. The van der Waals surface area contributed by atoms with Crippen LogP contribution in [0.2, 0.25) is 0 Å². The van der Waals surface area contributed by atoms with Crippen LogP contribution in [0, 0.1) is 5.92 Å². The molecule has 0 bridgehead atoms. The highest BCUT2D eigenvalue weighted by molar-refractivity contribution is 5.79. The first-order valence-corrected chi connectivity index (χ1v) is 6.09. The van der Waals surface area contributed by atoms with Gasteiger partial charge in [-0.3, -0.25) is 4.79 Å². The van der Waals surface area contributed by atoms with Gasteiger partial charge in [0.2, 0.25) is 5.91 Å². The summed E-state index contributed by atoms with van der Waals surface area (Å²) >= 11 is 0. The SMILES string of the molecule is CCc1nc(N)cc(N(CC(N)=O)CC(C)C)n1. The van der Waals surface area contributed by atoms with Gasteiger partial charge in [0.05, 0.1) is 6.54 Å². The molecule has 18 heavy (non-hydrogen) atoms. The molecule has 1 aromatic rings. The van der Waals surface area contributed by atoms with Crippen molar-refractivity contribution in [2.24, 2.45) is 11.7 Å². The van der Waals surface area contributed by atoms with E-state index in [9.17, 15) is 4.79 Å². The van der Waals surface area contributed by atoms with E-state index in [1.807, 2.05) is 11.8 Å². The normalized spacial score (nSPS) is 10.7. The Balaban J connectivity index is 3.02. The maximum Gasteiger partial charge on any atom is 0.236 e. The van der Waals surface area contributed by atoms with Gasteiger partial charge in [-0.25, -0.2) is 9.97 Å². The Morgan fingerprint density at radius 2 is 2.11 bits per heavy atom. The predicted octanol–water partition coefficient (Wildman–Crippen LogP) is 0.569. The van der Waals surface area contributed by atoms with Crippen LogP contribution in [0.25, 0.3) is 0 Å². The van der Waals surface area contributed by atoms with Gasteiger partial charge in [-0.15, -0.1) is 0 Å². The lowest BCUT2D eigenvalue weighted by Gasteiger charge is -2.24. The number of nitrogens with zero attached hydrogens (tertiary/aromatic N) is 3. The van der Waals surface area contributed by atoms with Gasteiger partial charge in [-0.1, -0.05) is 20.8 Å². The zero-order valence-electron chi connectivity index (χ0n) is 11.2. The van der Waals surface area contributed by atoms with Crippen LogP contribution in [0.4, 0.5) is 11.6 Å². The number of aromatic nitrogens is 2. The molecule has 6 nitrogen and oxygen atoms in total. The molecule has 0 fully saturated rings. The van der Waals surface area contributed by atoms with E-state index in [0.717, 1.165) is 0 Å². The van der Waals surface area contributed by atoms with Gasteiger partial charge in [0, 0.05) is 19.0 Å². The smallest absolute Gasteiger partial charge is 0.236 e. The first-order valence-electron chi connectivity index (χ1n) is 6.09. The van der Waals surface area contributed by atoms with E-state index >= 15 is 0 Å².